The lowest BCUT2D eigenvalue weighted by atomic mass is 10.0. The minimum atomic E-state index is -1.14. The molecule has 0 saturated heterocycles. The first kappa shape index (κ1) is 15.1. The van der Waals surface area contributed by atoms with Crippen LogP contribution in [-0.2, 0) is 0 Å². The predicted molar refractivity (Wildman–Crippen MR) is 84.3 cm³/mol. The van der Waals surface area contributed by atoms with E-state index in [1.54, 1.807) is 16.7 Å². The van der Waals surface area contributed by atoms with Crippen molar-refractivity contribution in [2.45, 2.75) is 19.9 Å². The van der Waals surface area contributed by atoms with Crippen molar-refractivity contribution in [2.75, 3.05) is 5.73 Å². The average Bonchev–Trinajstić information content (AvgIpc) is 2.84. The number of hydrogen-bond donors (Lipinski definition) is 1. The Balaban J connectivity index is 2.15. The van der Waals surface area contributed by atoms with Crippen LogP contribution in [0.4, 0.5) is 14.7 Å². The van der Waals surface area contributed by atoms with Crippen molar-refractivity contribution in [1.82, 2.24) is 9.55 Å². The van der Waals surface area contributed by atoms with E-state index >= 15 is 0 Å². The second kappa shape index (κ2) is 5.46. The van der Waals surface area contributed by atoms with Gasteiger partial charge >= 0.3 is 0 Å². The van der Waals surface area contributed by atoms with Crippen LogP contribution >= 0.6 is 0 Å². The average molecular weight is 315 g/mol. The monoisotopic (exact) mass is 315 g/mol. The summed E-state index contributed by atoms with van der Waals surface area (Å²) in [5.41, 5.74) is 7.17. The van der Waals surface area contributed by atoms with Gasteiger partial charge < -0.3 is 10.3 Å². The molecule has 4 nitrogen and oxygen atoms in total. The van der Waals surface area contributed by atoms with Crippen LogP contribution in [0.15, 0.2) is 36.4 Å². The summed E-state index contributed by atoms with van der Waals surface area (Å²) < 4.78 is 28.9. The molecule has 0 aliphatic rings. The van der Waals surface area contributed by atoms with Crippen LogP contribution in [0.1, 0.15) is 35.8 Å². The summed E-state index contributed by atoms with van der Waals surface area (Å²) in [6, 6.07) is 8.38. The van der Waals surface area contributed by atoms with Crippen LogP contribution in [-0.4, -0.2) is 15.3 Å². The molecule has 3 aromatic rings. The lowest BCUT2D eigenvalue weighted by Gasteiger charge is -2.11. The molecule has 0 unspecified atom stereocenters. The molecular weight excluding hydrogens is 300 g/mol. The summed E-state index contributed by atoms with van der Waals surface area (Å²) in [4.78, 5) is 16.7. The fraction of sp³-hybridized carbons (Fsp3) is 0.176. The molecule has 23 heavy (non-hydrogen) atoms. The van der Waals surface area contributed by atoms with Crippen molar-refractivity contribution in [3.63, 3.8) is 0 Å². The number of fused-ring (bicyclic) bond motifs is 1. The number of carbonyl (C=O) groups excluding carboxylic acids is 1. The van der Waals surface area contributed by atoms with E-state index in [-0.39, 0.29) is 17.2 Å². The van der Waals surface area contributed by atoms with Crippen LogP contribution in [0.3, 0.4) is 0 Å². The predicted octanol–water partition coefficient (Wildman–Crippen LogP) is 3.71. The van der Waals surface area contributed by atoms with Crippen LogP contribution < -0.4 is 5.73 Å². The topological polar surface area (TPSA) is 60.9 Å². The van der Waals surface area contributed by atoms with Gasteiger partial charge in [-0.3, -0.25) is 4.79 Å². The first-order valence-electron chi connectivity index (χ1n) is 7.16. The molecule has 3 rings (SSSR count). The number of nitrogen functional groups attached to an aromatic ring is 1. The fourth-order valence-corrected chi connectivity index (χ4v) is 2.63. The van der Waals surface area contributed by atoms with Crippen molar-refractivity contribution < 1.29 is 13.6 Å². The first-order chi connectivity index (χ1) is 10.9. The smallest absolute Gasteiger partial charge is 0.201 e. The lowest BCUT2D eigenvalue weighted by molar-refractivity contribution is 0.103. The third-order valence-electron chi connectivity index (χ3n) is 3.69. The van der Waals surface area contributed by atoms with E-state index < -0.39 is 17.4 Å². The number of aromatic nitrogens is 2. The Morgan fingerprint density at radius 1 is 1.22 bits per heavy atom. The van der Waals surface area contributed by atoms with Gasteiger partial charge in [-0.1, -0.05) is 6.07 Å². The van der Waals surface area contributed by atoms with Crippen LogP contribution in [0, 0.1) is 11.6 Å². The Morgan fingerprint density at radius 3 is 2.65 bits per heavy atom. The lowest BCUT2D eigenvalue weighted by Crippen LogP contribution is -2.07. The molecule has 2 aromatic carbocycles. The molecule has 1 heterocycles. The number of rotatable bonds is 3. The van der Waals surface area contributed by atoms with E-state index in [0.29, 0.717) is 17.0 Å². The molecule has 0 fully saturated rings. The quantitative estimate of drug-likeness (QED) is 0.750. The molecule has 0 atom stereocenters. The highest BCUT2D eigenvalue weighted by Gasteiger charge is 2.19. The first-order valence-corrected chi connectivity index (χ1v) is 7.16. The zero-order valence-electron chi connectivity index (χ0n) is 12.7. The van der Waals surface area contributed by atoms with Gasteiger partial charge in [0.1, 0.15) is 0 Å². The Labute approximate surface area is 131 Å². The van der Waals surface area contributed by atoms with E-state index in [1.807, 2.05) is 13.8 Å². The van der Waals surface area contributed by atoms with Gasteiger partial charge in [0, 0.05) is 11.6 Å². The Hall–Kier alpha value is -2.76. The summed E-state index contributed by atoms with van der Waals surface area (Å²) in [7, 11) is 0. The Morgan fingerprint density at radius 2 is 1.96 bits per heavy atom. The van der Waals surface area contributed by atoms with Crippen molar-refractivity contribution in [3.05, 3.63) is 59.2 Å². The Bertz CT molecular complexity index is 916. The molecule has 0 amide bonds. The van der Waals surface area contributed by atoms with Gasteiger partial charge in [-0.25, -0.2) is 13.8 Å². The fourth-order valence-electron chi connectivity index (χ4n) is 2.63. The molecule has 0 aliphatic heterocycles. The molecule has 2 N–H and O–H groups in total. The highest BCUT2D eigenvalue weighted by Crippen LogP contribution is 2.25. The van der Waals surface area contributed by atoms with E-state index in [2.05, 4.69) is 4.98 Å². The highest BCUT2D eigenvalue weighted by molar-refractivity contribution is 6.10. The SMILES string of the molecule is CC(C)n1c(N)nc2ccc(C(=O)c3cccc(F)c3F)cc21. The van der Waals surface area contributed by atoms with Gasteiger partial charge in [-0.05, 0) is 44.2 Å². The standard InChI is InChI=1S/C17H15F2N3O/c1-9(2)22-14-8-10(6-7-13(14)21-17(22)20)16(23)11-4-3-5-12(18)15(11)19/h3-9H,1-2H3,(H2,20,21). The van der Waals surface area contributed by atoms with E-state index in [4.69, 9.17) is 5.73 Å². The number of nitrogens with two attached hydrogens (primary N) is 1. The molecule has 0 bridgehead atoms. The number of benzene rings is 2. The normalized spacial score (nSPS) is 11.3. The molecule has 0 radical (unpaired) electrons. The van der Waals surface area contributed by atoms with Crippen LogP contribution in [0.25, 0.3) is 11.0 Å². The maximum absolute atomic E-state index is 13.8. The number of hydrogen-bond acceptors (Lipinski definition) is 3. The summed E-state index contributed by atoms with van der Waals surface area (Å²) in [6.45, 7) is 3.89. The zero-order valence-corrected chi connectivity index (χ0v) is 12.7. The van der Waals surface area contributed by atoms with Gasteiger partial charge in [0.05, 0.1) is 16.6 Å². The third kappa shape index (κ3) is 2.46. The van der Waals surface area contributed by atoms with E-state index in [0.717, 1.165) is 6.07 Å². The number of imidazole rings is 1. The molecule has 0 saturated carbocycles. The number of anilines is 1. The van der Waals surface area contributed by atoms with Gasteiger partial charge in [-0.15, -0.1) is 0 Å². The third-order valence-corrected chi connectivity index (χ3v) is 3.69. The maximum Gasteiger partial charge on any atom is 0.201 e. The molecule has 6 heteroatoms. The largest absolute Gasteiger partial charge is 0.369 e. The number of carbonyl (C=O) groups is 1. The van der Waals surface area contributed by atoms with Crippen molar-refractivity contribution in [1.29, 1.82) is 0 Å². The summed E-state index contributed by atoms with van der Waals surface area (Å²) in [5, 5.41) is 0. The van der Waals surface area contributed by atoms with Crippen molar-refractivity contribution in [2.24, 2.45) is 0 Å². The minimum absolute atomic E-state index is 0.0521. The van der Waals surface area contributed by atoms with Gasteiger partial charge in [0.15, 0.2) is 17.4 Å². The minimum Gasteiger partial charge on any atom is -0.369 e. The van der Waals surface area contributed by atoms with Gasteiger partial charge in [0.2, 0.25) is 5.95 Å². The Kier molecular flexibility index (Phi) is 3.60. The highest BCUT2D eigenvalue weighted by atomic mass is 19.2. The molecular formula is C17H15F2N3O. The van der Waals surface area contributed by atoms with Crippen LogP contribution in [0.5, 0.6) is 0 Å². The second-order valence-electron chi connectivity index (χ2n) is 5.57. The summed E-state index contributed by atoms with van der Waals surface area (Å²) in [6.07, 6.45) is 0. The van der Waals surface area contributed by atoms with Gasteiger partial charge in [-0.2, -0.15) is 0 Å². The molecule has 0 spiro atoms. The van der Waals surface area contributed by atoms with Gasteiger partial charge in [0.25, 0.3) is 0 Å². The maximum atomic E-state index is 13.8. The zero-order chi connectivity index (χ0) is 16.7. The summed E-state index contributed by atoms with van der Waals surface area (Å²) >= 11 is 0. The number of halogens is 2. The van der Waals surface area contributed by atoms with Crippen molar-refractivity contribution >= 4 is 22.8 Å². The number of nitrogens with zero attached hydrogens (tertiary/aromatic N) is 2. The molecule has 0 aliphatic carbocycles. The van der Waals surface area contributed by atoms with Crippen molar-refractivity contribution in [3.8, 4) is 0 Å². The van der Waals surface area contributed by atoms with Crippen LogP contribution in [0.2, 0.25) is 0 Å². The molecule has 1 aromatic heterocycles. The summed E-state index contributed by atoms with van der Waals surface area (Å²) in [5.74, 6) is -2.43. The van der Waals surface area contributed by atoms with E-state index in [1.165, 1.54) is 18.2 Å². The number of ketones is 1. The second-order valence-corrected chi connectivity index (χ2v) is 5.57. The molecule has 118 valence electrons. The van der Waals surface area contributed by atoms with E-state index in [9.17, 15) is 13.6 Å².